The largest absolute Gasteiger partial charge is 0.493 e. The number of carbonyl (C=O) groups is 2. The standard InChI is InChI=1S/C23H30N2O5S/c1-28-19-14-17(15-20(29-2)22(19)30-3)23(27)25-10-7-16(8-11-25)13-21(26)24-9-6-18-5-4-12-31-18/h4-5,12,14-16H,6-11,13H2,1-3H3,(H,24,26). The summed E-state index contributed by atoms with van der Waals surface area (Å²) < 4.78 is 16.0. The van der Waals surface area contributed by atoms with Crippen LogP contribution in [0.3, 0.4) is 0 Å². The molecule has 7 nitrogen and oxygen atoms in total. The van der Waals surface area contributed by atoms with Crippen LogP contribution in [0.1, 0.15) is 34.5 Å². The highest BCUT2D eigenvalue weighted by atomic mass is 32.1. The molecule has 0 unspecified atom stereocenters. The van der Waals surface area contributed by atoms with Gasteiger partial charge in [-0.3, -0.25) is 9.59 Å². The number of rotatable bonds is 9. The summed E-state index contributed by atoms with van der Waals surface area (Å²) in [6.07, 6.45) is 3.00. The topological polar surface area (TPSA) is 77.1 Å². The summed E-state index contributed by atoms with van der Waals surface area (Å²) in [5, 5.41) is 5.06. The number of nitrogens with zero attached hydrogens (tertiary/aromatic N) is 1. The molecule has 3 rings (SSSR count). The van der Waals surface area contributed by atoms with Crippen LogP contribution in [-0.2, 0) is 11.2 Å². The summed E-state index contributed by atoms with van der Waals surface area (Å²) >= 11 is 1.71. The van der Waals surface area contributed by atoms with Gasteiger partial charge in [0.15, 0.2) is 11.5 Å². The van der Waals surface area contributed by atoms with Gasteiger partial charge in [-0.15, -0.1) is 11.3 Å². The Morgan fingerprint density at radius 3 is 2.32 bits per heavy atom. The van der Waals surface area contributed by atoms with Crippen LogP contribution < -0.4 is 19.5 Å². The Labute approximate surface area is 187 Å². The lowest BCUT2D eigenvalue weighted by Gasteiger charge is -2.32. The molecule has 1 aliphatic rings. The first-order chi connectivity index (χ1) is 15.0. The van der Waals surface area contributed by atoms with E-state index >= 15 is 0 Å². The van der Waals surface area contributed by atoms with Crippen LogP contribution in [0.5, 0.6) is 17.2 Å². The summed E-state index contributed by atoms with van der Waals surface area (Å²) in [5.41, 5.74) is 0.499. The SMILES string of the molecule is COc1cc(C(=O)N2CCC(CC(=O)NCCc3cccs3)CC2)cc(OC)c1OC. The Kier molecular flexibility index (Phi) is 8.17. The van der Waals surface area contributed by atoms with Gasteiger partial charge in [-0.25, -0.2) is 0 Å². The van der Waals surface area contributed by atoms with Crippen molar-refractivity contribution in [3.8, 4) is 17.2 Å². The lowest BCUT2D eigenvalue weighted by atomic mass is 9.92. The predicted molar refractivity (Wildman–Crippen MR) is 120 cm³/mol. The number of hydrogen-bond donors (Lipinski definition) is 1. The van der Waals surface area contributed by atoms with E-state index in [1.807, 2.05) is 16.3 Å². The lowest BCUT2D eigenvalue weighted by Crippen LogP contribution is -2.39. The molecule has 1 aliphatic heterocycles. The number of hydrogen-bond acceptors (Lipinski definition) is 6. The van der Waals surface area contributed by atoms with Gasteiger partial charge in [0.1, 0.15) is 0 Å². The second-order valence-electron chi connectivity index (χ2n) is 7.53. The molecule has 1 N–H and O–H groups in total. The van der Waals surface area contributed by atoms with E-state index in [1.165, 1.54) is 26.2 Å². The monoisotopic (exact) mass is 446 g/mol. The van der Waals surface area contributed by atoms with Crippen molar-refractivity contribution in [1.29, 1.82) is 0 Å². The molecule has 2 heterocycles. The van der Waals surface area contributed by atoms with Crippen molar-refractivity contribution in [1.82, 2.24) is 10.2 Å². The summed E-state index contributed by atoms with van der Waals surface area (Å²) in [6, 6.07) is 7.46. The number of likely N-dealkylation sites (tertiary alicyclic amines) is 1. The average molecular weight is 447 g/mol. The Hall–Kier alpha value is -2.74. The quantitative estimate of drug-likeness (QED) is 0.639. The number of nitrogens with one attached hydrogen (secondary N) is 1. The molecule has 0 aliphatic carbocycles. The van der Waals surface area contributed by atoms with E-state index in [0.29, 0.717) is 54.8 Å². The van der Waals surface area contributed by atoms with Crippen LogP contribution in [0, 0.1) is 5.92 Å². The molecule has 31 heavy (non-hydrogen) atoms. The minimum atomic E-state index is -0.0712. The van der Waals surface area contributed by atoms with Gasteiger partial charge < -0.3 is 24.4 Å². The molecule has 1 fully saturated rings. The summed E-state index contributed by atoms with van der Waals surface area (Å²) in [5.74, 6) is 1.69. The van der Waals surface area contributed by atoms with Crippen molar-refractivity contribution in [3.05, 3.63) is 40.1 Å². The third-order valence-corrected chi connectivity index (χ3v) is 6.50. The van der Waals surface area contributed by atoms with E-state index in [-0.39, 0.29) is 11.8 Å². The van der Waals surface area contributed by atoms with Crippen LogP contribution in [0.15, 0.2) is 29.6 Å². The fraction of sp³-hybridized carbons (Fsp3) is 0.478. The van der Waals surface area contributed by atoms with Crippen LogP contribution in [0.2, 0.25) is 0 Å². The third-order valence-electron chi connectivity index (χ3n) is 5.56. The zero-order chi connectivity index (χ0) is 22.2. The minimum absolute atomic E-state index is 0.0712. The van der Waals surface area contributed by atoms with Gasteiger partial charge in [0.05, 0.1) is 21.3 Å². The highest BCUT2D eigenvalue weighted by Gasteiger charge is 2.26. The average Bonchev–Trinajstić information content (AvgIpc) is 3.31. The molecule has 2 amide bonds. The summed E-state index contributed by atoms with van der Waals surface area (Å²) in [6.45, 7) is 1.92. The fourth-order valence-corrected chi connectivity index (χ4v) is 4.55. The molecular weight excluding hydrogens is 416 g/mol. The zero-order valence-corrected chi connectivity index (χ0v) is 19.1. The van der Waals surface area contributed by atoms with Crippen molar-refractivity contribution >= 4 is 23.2 Å². The normalized spacial score (nSPS) is 14.2. The number of thiophene rings is 1. The maximum Gasteiger partial charge on any atom is 0.254 e. The molecule has 0 saturated carbocycles. The van der Waals surface area contributed by atoms with Gasteiger partial charge in [0.25, 0.3) is 5.91 Å². The van der Waals surface area contributed by atoms with Crippen molar-refractivity contribution < 1.29 is 23.8 Å². The molecule has 1 aromatic carbocycles. The molecule has 0 bridgehead atoms. The van der Waals surface area contributed by atoms with Gasteiger partial charge in [-0.2, -0.15) is 0 Å². The van der Waals surface area contributed by atoms with Crippen LogP contribution in [0.25, 0.3) is 0 Å². The zero-order valence-electron chi connectivity index (χ0n) is 18.3. The van der Waals surface area contributed by atoms with E-state index in [1.54, 1.807) is 23.5 Å². The van der Waals surface area contributed by atoms with Crippen LogP contribution >= 0.6 is 11.3 Å². The first-order valence-corrected chi connectivity index (χ1v) is 11.3. The number of methoxy groups -OCH3 is 3. The number of benzene rings is 1. The first kappa shape index (κ1) is 22.9. The van der Waals surface area contributed by atoms with Crippen LogP contribution in [-0.4, -0.2) is 57.7 Å². The van der Waals surface area contributed by atoms with Crippen molar-refractivity contribution in [3.63, 3.8) is 0 Å². The Morgan fingerprint density at radius 1 is 1.10 bits per heavy atom. The number of carbonyl (C=O) groups excluding carboxylic acids is 2. The van der Waals surface area contributed by atoms with Crippen LogP contribution in [0.4, 0.5) is 0 Å². The second-order valence-corrected chi connectivity index (χ2v) is 8.57. The minimum Gasteiger partial charge on any atom is -0.493 e. The fourth-order valence-electron chi connectivity index (χ4n) is 3.84. The summed E-state index contributed by atoms with van der Waals surface area (Å²) in [7, 11) is 4.59. The maximum atomic E-state index is 13.0. The Morgan fingerprint density at radius 2 is 1.77 bits per heavy atom. The van der Waals surface area contributed by atoms with Crippen molar-refractivity contribution in [2.75, 3.05) is 41.0 Å². The molecule has 2 aromatic rings. The number of piperidine rings is 1. The van der Waals surface area contributed by atoms with E-state index in [0.717, 1.165) is 19.3 Å². The predicted octanol–water partition coefficient (Wildman–Crippen LogP) is 3.38. The van der Waals surface area contributed by atoms with E-state index in [4.69, 9.17) is 14.2 Å². The lowest BCUT2D eigenvalue weighted by molar-refractivity contribution is -0.122. The van der Waals surface area contributed by atoms with Gasteiger partial charge in [-0.1, -0.05) is 6.07 Å². The smallest absolute Gasteiger partial charge is 0.254 e. The number of amides is 2. The van der Waals surface area contributed by atoms with Crippen molar-refractivity contribution in [2.24, 2.45) is 5.92 Å². The molecule has 8 heteroatoms. The number of ether oxygens (including phenoxy) is 3. The molecular formula is C23H30N2O5S. The molecule has 0 radical (unpaired) electrons. The van der Waals surface area contributed by atoms with Crippen molar-refractivity contribution in [2.45, 2.75) is 25.7 Å². The Bertz CT molecular complexity index is 851. The molecule has 1 saturated heterocycles. The highest BCUT2D eigenvalue weighted by molar-refractivity contribution is 7.09. The molecule has 0 spiro atoms. The van der Waals surface area contributed by atoms with Gasteiger partial charge >= 0.3 is 0 Å². The molecule has 1 aromatic heterocycles. The maximum absolute atomic E-state index is 13.0. The first-order valence-electron chi connectivity index (χ1n) is 10.4. The van der Waals surface area contributed by atoms with E-state index in [9.17, 15) is 9.59 Å². The Balaban J connectivity index is 1.50. The van der Waals surface area contributed by atoms with Gasteiger partial charge in [0, 0.05) is 36.5 Å². The second kappa shape index (κ2) is 11.0. The van der Waals surface area contributed by atoms with Gasteiger partial charge in [0.2, 0.25) is 11.7 Å². The highest BCUT2D eigenvalue weighted by Crippen LogP contribution is 2.38. The molecule has 0 atom stereocenters. The third kappa shape index (κ3) is 5.91. The van der Waals surface area contributed by atoms with Gasteiger partial charge in [-0.05, 0) is 48.8 Å². The molecule has 168 valence electrons. The van der Waals surface area contributed by atoms with E-state index in [2.05, 4.69) is 11.4 Å². The summed E-state index contributed by atoms with van der Waals surface area (Å²) in [4.78, 5) is 28.4. The van der Waals surface area contributed by atoms with E-state index < -0.39 is 0 Å².